The smallest absolute Gasteiger partial charge is 0.203 e. The standard InChI is InChI=1S/C16H16ClNO2/c1-10-4-5-13(6-11(10)2)16(19)12(3)20-15-7-14(17)8-18-9-15/h4-9,12H,1-3H3. The molecule has 20 heavy (non-hydrogen) atoms. The molecule has 1 aromatic carbocycles. The maximum absolute atomic E-state index is 12.3. The lowest BCUT2D eigenvalue weighted by Crippen LogP contribution is -2.24. The first kappa shape index (κ1) is 14.5. The van der Waals surface area contributed by atoms with Gasteiger partial charge in [-0.3, -0.25) is 9.78 Å². The first-order valence-electron chi connectivity index (χ1n) is 6.36. The summed E-state index contributed by atoms with van der Waals surface area (Å²) in [6, 6.07) is 7.28. The largest absolute Gasteiger partial charge is 0.481 e. The number of carbonyl (C=O) groups is 1. The number of hydrogen-bond donors (Lipinski definition) is 0. The number of pyridine rings is 1. The summed E-state index contributed by atoms with van der Waals surface area (Å²) in [5, 5.41) is 0.480. The Morgan fingerprint density at radius 2 is 1.95 bits per heavy atom. The van der Waals surface area contributed by atoms with Crippen molar-refractivity contribution in [2.24, 2.45) is 0 Å². The average Bonchev–Trinajstić information content (AvgIpc) is 2.41. The maximum atomic E-state index is 12.3. The third-order valence-electron chi connectivity index (χ3n) is 3.15. The molecule has 2 aromatic rings. The van der Waals surface area contributed by atoms with Gasteiger partial charge in [0, 0.05) is 17.8 Å². The fraction of sp³-hybridized carbons (Fsp3) is 0.250. The molecule has 0 aliphatic carbocycles. The Labute approximate surface area is 123 Å². The third kappa shape index (κ3) is 3.36. The van der Waals surface area contributed by atoms with E-state index >= 15 is 0 Å². The van der Waals surface area contributed by atoms with E-state index < -0.39 is 6.10 Å². The summed E-state index contributed by atoms with van der Waals surface area (Å²) in [6.07, 6.45) is 2.47. The summed E-state index contributed by atoms with van der Waals surface area (Å²) < 4.78 is 5.58. The number of hydrogen-bond acceptors (Lipinski definition) is 3. The Kier molecular flexibility index (Phi) is 4.40. The second-order valence-electron chi connectivity index (χ2n) is 4.76. The van der Waals surface area contributed by atoms with E-state index in [4.69, 9.17) is 16.3 Å². The minimum absolute atomic E-state index is 0.0620. The third-order valence-corrected chi connectivity index (χ3v) is 3.36. The highest BCUT2D eigenvalue weighted by Crippen LogP contribution is 2.18. The molecule has 4 heteroatoms. The van der Waals surface area contributed by atoms with E-state index in [0.29, 0.717) is 16.3 Å². The van der Waals surface area contributed by atoms with Gasteiger partial charge in [0.1, 0.15) is 5.75 Å². The van der Waals surface area contributed by atoms with Gasteiger partial charge in [-0.2, -0.15) is 0 Å². The Hall–Kier alpha value is -1.87. The van der Waals surface area contributed by atoms with Crippen LogP contribution in [0.3, 0.4) is 0 Å². The number of aryl methyl sites for hydroxylation is 2. The number of ether oxygens (including phenoxy) is 1. The highest BCUT2D eigenvalue weighted by molar-refractivity contribution is 6.30. The minimum Gasteiger partial charge on any atom is -0.481 e. The molecule has 2 rings (SSSR count). The molecule has 1 heterocycles. The van der Waals surface area contributed by atoms with E-state index in [-0.39, 0.29) is 5.78 Å². The average molecular weight is 290 g/mol. The van der Waals surface area contributed by atoms with E-state index in [2.05, 4.69) is 4.98 Å². The molecule has 0 bridgehead atoms. The van der Waals surface area contributed by atoms with Gasteiger partial charge in [0.05, 0.1) is 11.2 Å². The number of nitrogens with zero attached hydrogens (tertiary/aromatic N) is 1. The Morgan fingerprint density at radius 3 is 2.60 bits per heavy atom. The van der Waals surface area contributed by atoms with Gasteiger partial charge in [-0.05, 0) is 38.0 Å². The monoisotopic (exact) mass is 289 g/mol. The van der Waals surface area contributed by atoms with E-state index in [1.54, 1.807) is 13.0 Å². The quantitative estimate of drug-likeness (QED) is 0.799. The van der Waals surface area contributed by atoms with Crippen molar-refractivity contribution in [1.82, 2.24) is 4.98 Å². The normalized spacial score (nSPS) is 12.0. The number of rotatable bonds is 4. The Bertz CT molecular complexity index is 640. The second-order valence-corrected chi connectivity index (χ2v) is 5.20. The molecule has 0 spiro atoms. The zero-order valence-electron chi connectivity index (χ0n) is 11.7. The Morgan fingerprint density at radius 1 is 1.20 bits per heavy atom. The number of halogens is 1. The van der Waals surface area contributed by atoms with E-state index in [1.807, 2.05) is 32.0 Å². The van der Waals surface area contributed by atoms with E-state index in [0.717, 1.165) is 11.1 Å². The predicted molar refractivity (Wildman–Crippen MR) is 79.6 cm³/mol. The highest BCUT2D eigenvalue weighted by atomic mass is 35.5. The van der Waals surface area contributed by atoms with Gasteiger partial charge in [0.25, 0.3) is 0 Å². The first-order chi connectivity index (χ1) is 9.47. The van der Waals surface area contributed by atoms with Gasteiger partial charge in [0.2, 0.25) is 5.78 Å². The lowest BCUT2D eigenvalue weighted by Gasteiger charge is -2.14. The van der Waals surface area contributed by atoms with Gasteiger partial charge in [-0.1, -0.05) is 23.7 Å². The molecule has 0 amide bonds. The SMILES string of the molecule is Cc1ccc(C(=O)C(C)Oc2cncc(Cl)c2)cc1C. The van der Waals surface area contributed by atoms with Crippen LogP contribution in [0.15, 0.2) is 36.7 Å². The summed E-state index contributed by atoms with van der Waals surface area (Å²) in [7, 11) is 0. The summed E-state index contributed by atoms with van der Waals surface area (Å²) in [5.74, 6) is 0.426. The van der Waals surface area contributed by atoms with Gasteiger partial charge in [-0.15, -0.1) is 0 Å². The molecule has 0 radical (unpaired) electrons. The fourth-order valence-corrected chi connectivity index (χ4v) is 2.01. The van der Waals surface area contributed by atoms with Crippen molar-refractivity contribution in [3.8, 4) is 5.75 Å². The van der Waals surface area contributed by atoms with Crippen LogP contribution >= 0.6 is 11.6 Å². The molecule has 0 fully saturated rings. The van der Waals surface area contributed by atoms with Crippen LogP contribution in [0.5, 0.6) is 5.75 Å². The van der Waals surface area contributed by atoms with Gasteiger partial charge in [0.15, 0.2) is 6.10 Å². The van der Waals surface area contributed by atoms with Crippen molar-refractivity contribution in [3.63, 3.8) is 0 Å². The van der Waals surface area contributed by atoms with Crippen LogP contribution in [0.2, 0.25) is 5.02 Å². The lowest BCUT2D eigenvalue weighted by molar-refractivity contribution is 0.0817. The molecular formula is C16H16ClNO2. The highest BCUT2D eigenvalue weighted by Gasteiger charge is 2.17. The molecule has 0 aliphatic rings. The maximum Gasteiger partial charge on any atom is 0.203 e. The van der Waals surface area contributed by atoms with Crippen molar-refractivity contribution in [2.75, 3.05) is 0 Å². The van der Waals surface area contributed by atoms with Gasteiger partial charge >= 0.3 is 0 Å². The Balaban J connectivity index is 2.14. The van der Waals surface area contributed by atoms with Crippen molar-refractivity contribution >= 4 is 17.4 Å². The number of aromatic nitrogens is 1. The summed E-state index contributed by atoms with van der Waals surface area (Å²) in [4.78, 5) is 16.2. The van der Waals surface area contributed by atoms with Crippen LogP contribution in [0, 0.1) is 13.8 Å². The zero-order valence-corrected chi connectivity index (χ0v) is 12.4. The summed E-state index contributed by atoms with van der Waals surface area (Å²) in [6.45, 7) is 5.72. The minimum atomic E-state index is -0.586. The molecule has 1 aromatic heterocycles. The number of carbonyl (C=O) groups excluding carboxylic acids is 1. The molecular weight excluding hydrogens is 274 g/mol. The first-order valence-corrected chi connectivity index (χ1v) is 6.74. The van der Waals surface area contributed by atoms with Crippen LogP contribution < -0.4 is 4.74 Å². The topological polar surface area (TPSA) is 39.2 Å². The fourth-order valence-electron chi connectivity index (χ4n) is 1.84. The molecule has 104 valence electrons. The van der Waals surface area contributed by atoms with Crippen molar-refractivity contribution < 1.29 is 9.53 Å². The zero-order chi connectivity index (χ0) is 14.7. The van der Waals surface area contributed by atoms with Crippen molar-refractivity contribution in [2.45, 2.75) is 26.9 Å². The summed E-state index contributed by atoms with van der Waals surface area (Å²) in [5.41, 5.74) is 2.90. The van der Waals surface area contributed by atoms with E-state index in [9.17, 15) is 4.79 Å². The number of Topliss-reactive ketones (excluding diaryl/α,β-unsaturated/α-hetero) is 1. The van der Waals surface area contributed by atoms with Crippen molar-refractivity contribution in [3.05, 3.63) is 58.4 Å². The van der Waals surface area contributed by atoms with Gasteiger partial charge in [-0.25, -0.2) is 0 Å². The second kappa shape index (κ2) is 6.06. The molecule has 1 atom stereocenters. The van der Waals surface area contributed by atoms with Crippen LogP contribution in [0.4, 0.5) is 0 Å². The van der Waals surface area contributed by atoms with Crippen LogP contribution in [0.1, 0.15) is 28.4 Å². The number of benzene rings is 1. The van der Waals surface area contributed by atoms with Crippen molar-refractivity contribution in [1.29, 1.82) is 0 Å². The number of ketones is 1. The molecule has 3 nitrogen and oxygen atoms in total. The van der Waals surface area contributed by atoms with Crippen LogP contribution in [0.25, 0.3) is 0 Å². The molecule has 0 N–H and O–H groups in total. The van der Waals surface area contributed by atoms with E-state index in [1.165, 1.54) is 12.4 Å². The van der Waals surface area contributed by atoms with Crippen LogP contribution in [-0.4, -0.2) is 16.9 Å². The lowest BCUT2D eigenvalue weighted by atomic mass is 10.0. The predicted octanol–water partition coefficient (Wildman–Crippen LogP) is 4.00. The molecule has 1 unspecified atom stereocenters. The molecule has 0 saturated carbocycles. The van der Waals surface area contributed by atoms with Crippen LogP contribution in [-0.2, 0) is 0 Å². The van der Waals surface area contributed by atoms with Gasteiger partial charge < -0.3 is 4.74 Å². The molecule has 0 saturated heterocycles. The molecule has 0 aliphatic heterocycles. The summed E-state index contributed by atoms with van der Waals surface area (Å²) >= 11 is 5.84.